The minimum atomic E-state index is -0.214. The van der Waals surface area contributed by atoms with Gasteiger partial charge in [0.15, 0.2) is 0 Å². The molecule has 2 rings (SSSR count). The second-order valence-corrected chi connectivity index (χ2v) is 6.89. The highest BCUT2D eigenvalue weighted by atomic mass is 32.1. The molecule has 1 aromatic carbocycles. The number of nitrogens with one attached hydrogen (secondary N) is 1. The molecule has 0 spiro atoms. The summed E-state index contributed by atoms with van der Waals surface area (Å²) in [6, 6.07) is 7.51. The highest BCUT2D eigenvalue weighted by Gasteiger charge is 2.12. The van der Waals surface area contributed by atoms with E-state index < -0.39 is 0 Å². The Kier molecular flexibility index (Phi) is 8.00. The first-order valence-corrected chi connectivity index (χ1v) is 9.78. The number of hydrogen-bond acceptors (Lipinski definition) is 5. The monoisotopic (exact) mass is 387 g/mol. The fourth-order valence-corrected chi connectivity index (χ4v) is 3.01. The molecule has 0 fully saturated rings. The standard InChI is InChI=1S/C20H25N3O3S/c1-4-21-19(24)12-23(5-2)20(25)11-10-16-8-6-7-9-18(16)26-13-17-14-27-15(3)22-17/h6-11,14H,4-5,12-13H2,1-3H3,(H,21,24)/b11-10+. The fraction of sp³-hybridized carbons (Fsp3) is 0.350. The van der Waals surface area contributed by atoms with Crippen molar-refractivity contribution in [2.24, 2.45) is 0 Å². The van der Waals surface area contributed by atoms with Gasteiger partial charge < -0.3 is 15.0 Å². The highest BCUT2D eigenvalue weighted by Crippen LogP contribution is 2.21. The van der Waals surface area contributed by atoms with E-state index in [9.17, 15) is 9.59 Å². The summed E-state index contributed by atoms with van der Waals surface area (Å²) in [6.07, 6.45) is 3.18. The number of carbonyl (C=O) groups is 2. The zero-order valence-corrected chi connectivity index (χ0v) is 16.7. The van der Waals surface area contributed by atoms with Crippen molar-refractivity contribution in [1.29, 1.82) is 0 Å². The van der Waals surface area contributed by atoms with Crippen molar-refractivity contribution < 1.29 is 14.3 Å². The number of hydrogen-bond donors (Lipinski definition) is 1. The summed E-state index contributed by atoms with van der Waals surface area (Å²) < 4.78 is 5.86. The summed E-state index contributed by atoms with van der Waals surface area (Å²) in [7, 11) is 0. The predicted molar refractivity (Wildman–Crippen MR) is 108 cm³/mol. The SMILES string of the molecule is CCNC(=O)CN(CC)C(=O)/C=C/c1ccccc1OCc1csc(C)n1. The summed E-state index contributed by atoms with van der Waals surface area (Å²) in [4.78, 5) is 30.0. The summed E-state index contributed by atoms with van der Waals surface area (Å²) in [6.45, 7) is 7.08. The van der Waals surface area contributed by atoms with Crippen molar-refractivity contribution in [1.82, 2.24) is 15.2 Å². The number of aromatic nitrogens is 1. The van der Waals surface area contributed by atoms with Gasteiger partial charge in [-0.2, -0.15) is 0 Å². The quantitative estimate of drug-likeness (QED) is 0.672. The van der Waals surface area contributed by atoms with Crippen LogP contribution in [0, 0.1) is 6.92 Å². The maximum absolute atomic E-state index is 12.4. The summed E-state index contributed by atoms with van der Waals surface area (Å²) in [5, 5.41) is 5.67. The molecule has 0 saturated heterocycles. The van der Waals surface area contributed by atoms with E-state index in [4.69, 9.17) is 4.74 Å². The van der Waals surface area contributed by atoms with Gasteiger partial charge in [0.25, 0.3) is 0 Å². The van der Waals surface area contributed by atoms with Crippen molar-refractivity contribution in [2.45, 2.75) is 27.4 Å². The number of nitrogens with zero attached hydrogens (tertiary/aromatic N) is 2. The first-order valence-electron chi connectivity index (χ1n) is 8.90. The molecule has 0 radical (unpaired) electrons. The van der Waals surface area contributed by atoms with Crippen molar-refractivity contribution in [3.05, 3.63) is 52.0 Å². The van der Waals surface area contributed by atoms with Crippen LogP contribution in [-0.4, -0.2) is 41.3 Å². The van der Waals surface area contributed by atoms with Gasteiger partial charge in [0.05, 0.1) is 17.2 Å². The van der Waals surface area contributed by atoms with E-state index in [0.717, 1.165) is 16.3 Å². The normalized spacial score (nSPS) is 10.8. The second kappa shape index (κ2) is 10.5. The van der Waals surface area contributed by atoms with Gasteiger partial charge in [0.2, 0.25) is 11.8 Å². The molecule has 0 saturated carbocycles. The number of carbonyl (C=O) groups excluding carboxylic acids is 2. The van der Waals surface area contributed by atoms with Crippen LogP contribution in [0.3, 0.4) is 0 Å². The molecule has 1 heterocycles. The number of ether oxygens (including phenoxy) is 1. The Bertz CT molecular complexity index is 801. The average molecular weight is 388 g/mol. The molecule has 0 aliphatic rings. The van der Waals surface area contributed by atoms with Crippen LogP contribution < -0.4 is 10.1 Å². The number of benzene rings is 1. The van der Waals surface area contributed by atoms with E-state index >= 15 is 0 Å². The minimum absolute atomic E-state index is 0.0504. The van der Waals surface area contributed by atoms with Crippen LogP contribution in [0.15, 0.2) is 35.7 Å². The van der Waals surface area contributed by atoms with E-state index in [-0.39, 0.29) is 18.4 Å². The van der Waals surface area contributed by atoms with Gasteiger partial charge in [-0.05, 0) is 32.9 Å². The van der Waals surface area contributed by atoms with Crippen molar-refractivity contribution in [3.63, 3.8) is 0 Å². The van der Waals surface area contributed by atoms with Crippen LogP contribution >= 0.6 is 11.3 Å². The van der Waals surface area contributed by atoms with Gasteiger partial charge in [-0.25, -0.2) is 4.98 Å². The van der Waals surface area contributed by atoms with Gasteiger partial charge in [0, 0.05) is 30.1 Å². The topological polar surface area (TPSA) is 71.5 Å². The predicted octanol–water partition coefficient (Wildman–Crippen LogP) is 3.03. The van der Waals surface area contributed by atoms with Crippen LogP contribution in [0.4, 0.5) is 0 Å². The summed E-state index contributed by atoms with van der Waals surface area (Å²) in [5.74, 6) is 0.302. The fourth-order valence-electron chi connectivity index (χ4n) is 2.41. The number of aryl methyl sites for hydroxylation is 1. The lowest BCUT2D eigenvalue weighted by Crippen LogP contribution is -2.39. The van der Waals surface area contributed by atoms with Gasteiger partial charge in [-0.15, -0.1) is 11.3 Å². The van der Waals surface area contributed by atoms with Gasteiger partial charge in [-0.3, -0.25) is 9.59 Å². The average Bonchev–Trinajstić information content (AvgIpc) is 3.08. The van der Waals surface area contributed by atoms with E-state index in [1.165, 1.54) is 11.0 Å². The lowest BCUT2D eigenvalue weighted by molar-refractivity contribution is -0.132. The molecule has 1 aromatic heterocycles. The lowest BCUT2D eigenvalue weighted by atomic mass is 10.2. The van der Waals surface area contributed by atoms with E-state index in [0.29, 0.717) is 25.4 Å². The highest BCUT2D eigenvalue weighted by molar-refractivity contribution is 7.09. The third kappa shape index (κ3) is 6.53. The zero-order chi connectivity index (χ0) is 19.6. The minimum Gasteiger partial charge on any atom is -0.487 e. The maximum Gasteiger partial charge on any atom is 0.247 e. The van der Waals surface area contributed by atoms with Crippen LogP contribution in [0.5, 0.6) is 5.75 Å². The van der Waals surface area contributed by atoms with Crippen LogP contribution in [0.1, 0.15) is 30.1 Å². The van der Waals surface area contributed by atoms with Crippen LogP contribution in [-0.2, 0) is 16.2 Å². The Morgan fingerprint density at radius 2 is 2.07 bits per heavy atom. The van der Waals surface area contributed by atoms with Gasteiger partial charge in [0.1, 0.15) is 12.4 Å². The first-order chi connectivity index (χ1) is 13.0. The number of para-hydroxylation sites is 1. The Labute approximate surface area is 163 Å². The van der Waals surface area contributed by atoms with Gasteiger partial charge in [-0.1, -0.05) is 18.2 Å². The Hall–Kier alpha value is -2.67. The summed E-state index contributed by atoms with van der Waals surface area (Å²) in [5.41, 5.74) is 1.68. The Balaban J connectivity index is 2.02. The number of rotatable bonds is 9. The molecule has 7 heteroatoms. The molecule has 0 unspecified atom stereocenters. The second-order valence-electron chi connectivity index (χ2n) is 5.82. The third-order valence-electron chi connectivity index (χ3n) is 3.77. The van der Waals surface area contributed by atoms with Crippen molar-refractivity contribution in [3.8, 4) is 5.75 Å². The van der Waals surface area contributed by atoms with Crippen LogP contribution in [0.25, 0.3) is 6.08 Å². The lowest BCUT2D eigenvalue weighted by Gasteiger charge is -2.18. The molecule has 2 aromatic rings. The third-order valence-corrected chi connectivity index (χ3v) is 4.59. The van der Waals surface area contributed by atoms with E-state index in [1.807, 2.05) is 50.4 Å². The molecule has 2 amide bonds. The van der Waals surface area contributed by atoms with E-state index in [1.54, 1.807) is 17.4 Å². The molecule has 6 nitrogen and oxygen atoms in total. The van der Waals surface area contributed by atoms with Crippen molar-refractivity contribution >= 4 is 29.2 Å². The molecule has 0 aliphatic carbocycles. The Morgan fingerprint density at radius 3 is 2.74 bits per heavy atom. The molecule has 0 atom stereocenters. The zero-order valence-electron chi connectivity index (χ0n) is 15.9. The number of amides is 2. The molecule has 1 N–H and O–H groups in total. The molecule has 0 aliphatic heterocycles. The molecular formula is C20H25N3O3S. The number of likely N-dealkylation sites (N-methyl/N-ethyl adjacent to an activating group) is 2. The Morgan fingerprint density at radius 1 is 1.30 bits per heavy atom. The smallest absolute Gasteiger partial charge is 0.247 e. The van der Waals surface area contributed by atoms with Gasteiger partial charge >= 0.3 is 0 Å². The largest absolute Gasteiger partial charge is 0.487 e. The maximum atomic E-state index is 12.4. The number of thiazole rings is 1. The molecule has 27 heavy (non-hydrogen) atoms. The summed E-state index contributed by atoms with van der Waals surface area (Å²) >= 11 is 1.58. The van der Waals surface area contributed by atoms with Crippen molar-refractivity contribution in [2.75, 3.05) is 19.6 Å². The van der Waals surface area contributed by atoms with E-state index in [2.05, 4.69) is 10.3 Å². The van der Waals surface area contributed by atoms with Crippen LogP contribution in [0.2, 0.25) is 0 Å². The molecule has 0 bridgehead atoms. The first kappa shape index (κ1) is 20.6. The molecule has 144 valence electrons. The molecular weight excluding hydrogens is 362 g/mol.